The molecule has 0 fully saturated rings. The maximum atomic E-state index is 5.06. The van der Waals surface area contributed by atoms with E-state index in [-0.39, 0.29) is 0 Å². The second-order valence-corrected chi connectivity index (χ2v) is 2.43. The van der Waals surface area contributed by atoms with Gasteiger partial charge in [0.15, 0.2) is 0 Å². The van der Waals surface area contributed by atoms with Crippen LogP contribution in [-0.4, -0.2) is 7.11 Å². The summed E-state index contributed by atoms with van der Waals surface area (Å²) in [5.41, 5.74) is 2.35. The highest BCUT2D eigenvalue weighted by Crippen LogP contribution is 2.17. The zero-order chi connectivity index (χ0) is 10.3. The van der Waals surface area contributed by atoms with E-state index in [0.717, 1.165) is 11.3 Å². The van der Waals surface area contributed by atoms with Crippen LogP contribution >= 0.6 is 0 Å². The van der Waals surface area contributed by atoms with Crippen molar-refractivity contribution in [3.63, 3.8) is 0 Å². The molecule has 1 aromatic rings. The third-order valence-electron chi connectivity index (χ3n) is 1.71. The van der Waals surface area contributed by atoms with Gasteiger partial charge in [0.25, 0.3) is 0 Å². The molecule has 1 heteroatoms. The molecule has 0 N–H and O–H groups in total. The Bertz CT molecular complexity index is 264. The van der Waals surface area contributed by atoms with Crippen molar-refractivity contribution in [1.82, 2.24) is 0 Å². The van der Waals surface area contributed by atoms with Crippen LogP contribution in [0.3, 0.4) is 0 Å². The minimum absolute atomic E-state index is 0.880. The number of methoxy groups -OCH3 is 1. The molecule has 1 nitrogen and oxygen atoms in total. The summed E-state index contributed by atoms with van der Waals surface area (Å²) < 4.78 is 5.06. The van der Waals surface area contributed by atoms with Crippen LogP contribution < -0.4 is 4.74 Å². The molecule has 1 rings (SSSR count). The number of ether oxygens (including phenoxy) is 1. The van der Waals surface area contributed by atoms with Gasteiger partial charge in [-0.15, -0.1) is 0 Å². The number of hydrogen-bond acceptors (Lipinski definition) is 1. The SMILES string of the molecule is C=Cc1cc(OC)ccc1C.CC. The van der Waals surface area contributed by atoms with Crippen molar-refractivity contribution in [1.29, 1.82) is 0 Å². The molecule has 0 aliphatic heterocycles. The summed E-state index contributed by atoms with van der Waals surface area (Å²) in [5, 5.41) is 0. The van der Waals surface area contributed by atoms with Crippen LogP contribution in [0.2, 0.25) is 0 Å². The number of rotatable bonds is 2. The number of benzene rings is 1. The second-order valence-electron chi connectivity index (χ2n) is 2.43. The smallest absolute Gasteiger partial charge is 0.119 e. The van der Waals surface area contributed by atoms with E-state index < -0.39 is 0 Å². The molecule has 0 radical (unpaired) electrons. The molecule has 0 saturated carbocycles. The third kappa shape index (κ3) is 3.32. The highest BCUT2D eigenvalue weighted by Gasteiger charge is 1.95. The predicted molar refractivity (Wildman–Crippen MR) is 59.2 cm³/mol. The number of hydrogen-bond donors (Lipinski definition) is 0. The lowest BCUT2D eigenvalue weighted by Crippen LogP contribution is -1.85. The lowest BCUT2D eigenvalue weighted by molar-refractivity contribution is 0.414. The van der Waals surface area contributed by atoms with Gasteiger partial charge in [0.1, 0.15) is 5.75 Å². The molecule has 0 aliphatic carbocycles. The van der Waals surface area contributed by atoms with Crippen molar-refractivity contribution < 1.29 is 4.74 Å². The van der Waals surface area contributed by atoms with Crippen LogP contribution in [0.5, 0.6) is 5.75 Å². The predicted octanol–water partition coefficient (Wildman–Crippen LogP) is 3.67. The van der Waals surface area contributed by atoms with Crippen molar-refractivity contribution in [2.45, 2.75) is 20.8 Å². The fraction of sp³-hybridized carbons (Fsp3) is 0.333. The van der Waals surface area contributed by atoms with Gasteiger partial charge in [0.05, 0.1) is 7.11 Å². The van der Waals surface area contributed by atoms with Crippen molar-refractivity contribution in [3.05, 3.63) is 35.9 Å². The van der Waals surface area contributed by atoms with E-state index in [9.17, 15) is 0 Å². The molecule has 0 unspecified atom stereocenters. The zero-order valence-electron chi connectivity index (χ0n) is 8.92. The molecule has 0 spiro atoms. The van der Waals surface area contributed by atoms with Gasteiger partial charge in [0.2, 0.25) is 0 Å². The molecular formula is C12H18O. The molecule has 0 atom stereocenters. The molecule has 0 amide bonds. The summed E-state index contributed by atoms with van der Waals surface area (Å²) in [6.07, 6.45) is 1.83. The Balaban J connectivity index is 0.000000671. The van der Waals surface area contributed by atoms with Gasteiger partial charge in [-0.05, 0) is 30.2 Å². The minimum atomic E-state index is 0.880. The Morgan fingerprint density at radius 3 is 2.38 bits per heavy atom. The quantitative estimate of drug-likeness (QED) is 0.671. The van der Waals surface area contributed by atoms with Gasteiger partial charge in [-0.1, -0.05) is 32.6 Å². The van der Waals surface area contributed by atoms with E-state index in [1.165, 1.54) is 5.56 Å². The second kappa shape index (κ2) is 6.30. The lowest BCUT2D eigenvalue weighted by Gasteiger charge is -2.03. The zero-order valence-corrected chi connectivity index (χ0v) is 8.92. The van der Waals surface area contributed by atoms with Crippen molar-refractivity contribution >= 4 is 6.08 Å². The first kappa shape index (κ1) is 11.8. The summed E-state index contributed by atoms with van der Waals surface area (Å²) in [7, 11) is 1.66. The Labute approximate surface area is 81.1 Å². The molecule has 0 bridgehead atoms. The first-order valence-electron chi connectivity index (χ1n) is 4.55. The van der Waals surface area contributed by atoms with Gasteiger partial charge < -0.3 is 4.74 Å². The van der Waals surface area contributed by atoms with Gasteiger partial charge in [-0.2, -0.15) is 0 Å². The highest BCUT2D eigenvalue weighted by atomic mass is 16.5. The average Bonchev–Trinajstić information content (AvgIpc) is 2.22. The summed E-state index contributed by atoms with van der Waals surface area (Å²) in [6.45, 7) is 9.76. The van der Waals surface area contributed by atoms with Gasteiger partial charge in [-0.25, -0.2) is 0 Å². The van der Waals surface area contributed by atoms with E-state index in [4.69, 9.17) is 4.74 Å². The van der Waals surface area contributed by atoms with Crippen molar-refractivity contribution in [2.24, 2.45) is 0 Å². The van der Waals surface area contributed by atoms with Crippen LogP contribution in [0.1, 0.15) is 25.0 Å². The van der Waals surface area contributed by atoms with Crippen LogP contribution in [0.4, 0.5) is 0 Å². The van der Waals surface area contributed by atoms with E-state index in [0.29, 0.717) is 0 Å². The van der Waals surface area contributed by atoms with Gasteiger partial charge in [0, 0.05) is 0 Å². The summed E-state index contributed by atoms with van der Waals surface area (Å²) in [6, 6.07) is 5.94. The lowest BCUT2D eigenvalue weighted by atomic mass is 10.1. The Morgan fingerprint density at radius 2 is 1.92 bits per heavy atom. The maximum Gasteiger partial charge on any atom is 0.119 e. The van der Waals surface area contributed by atoms with Gasteiger partial charge >= 0.3 is 0 Å². The first-order chi connectivity index (χ1) is 6.27. The molecule has 0 saturated heterocycles. The Kier molecular flexibility index (Phi) is 5.69. The van der Waals surface area contributed by atoms with Crippen LogP contribution in [0, 0.1) is 6.92 Å². The number of aryl methyl sites for hydroxylation is 1. The monoisotopic (exact) mass is 178 g/mol. The summed E-state index contributed by atoms with van der Waals surface area (Å²) in [5.74, 6) is 0.880. The van der Waals surface area contributed by atoms with Crippen LogP contribution in [-0.2, 0) is 0 Å². The largest absolute Gasteiger partial charge is 0.497 e. The van der Waals surface area contributed by atoms with E-state index >= 15 is 0 Å². The topological polar surface area (TPSA) is 9.23 Å². The normalized spacial score (nSPS) is 8.31. The maximum absolute atomic E-state index is 5.06. The minimum Gasteiger partial charge on any atom is -0.497 e. The fourth-order valence-electron chi connectivity index (χ4n) is 0.965. The standard InChI is InChI=1S/C10H12O.C2H6/c1-4-9-7-10(11-3)6-5-8(9)2;1-2/h4-7H,1H2,2-3H3;1-2H3. The van der Waals surface area contributed by atoms with E-state index in [2.05, 4.69) is 13.5 Å². The molecule has 0 aromatic heterocycles. The van der Waals surface area contributed by atoms with Crippen molar-refractivity contribution in [3.8, 4) is 5.75 Å². The summed E-state index contributed by atoms with van der Waals surface area (Å²) in [4.78, 5) is 0. The molecule has 0 aliphatic rings. The molecule has 72 valence electrons. The summed E-state index contributed by atoms with van der Waals surface area (Å²) >= 11 is 0. The highest BCUT2D eigenvalue weighted by molar-refractivity contribution is 5.54. The molecular weight excluding hydrogens is 160 g/mol. The first-order valence-corrected chi connectivity index (χ1v) is 4.55. The Morgan fingerprint density at radius 1 is 1.31 bits per heavy atom. The molecule has 13 heavy (non-hydrogen) atoms. The molecule has 0 heterocycles. The van der Waals surface area contributed by atoms with Crippen LogP contribution in [0.15, 0.2) is 24.8 Å². The molecule has 1 aromatic carbocycles. The van der Waals surface area contributed by atoms with Gasteiger partial charge in [-0.3, -0.25) is 0 Å². The van der Waals surface area contributed by atoms with Crippen LogP contribution in [0.25, 0.3) is 6.08 Å². The third-order valence-corrected chi connectivity index (χ3v) is 1.71. The fourth-order valence-corrected chi connectivity index (χ4v) is 0.965. The van der Waals surface area contributed by atoms with Crippen molar-refractivity contribution in [2.75, 3.05) is 7.11 Å². The Hall–Kier alpha value is -1.24. The van der Waals surface area contributed by atoms with E-state index in [1.54, 1.807) is 7.11 Å². The average molecular weight is 178 g/mol. The van der Waals surface area contributed by atoms with E-state index in [1.807, 2.05) is 38.1 Å².